The molecule has 0 N–H and O–H groups in total. The third-order valence-electron chi connectivity index (χ3n) is 1.13. The fourth-order valence-electron chi connectivity index (χ4n) is 0.514. The number of carbonyl (C=O) groups is 1. The number of hydrogen-bond acceptors (Lipinski definition) is 2. The molecule has 1 radical (unpaired) electrons. The van der Waals surface area contributed by atoms with Crippen molar-refractivity contribution >= 4 is 5.97 Å². The van der Waals surface area contributed by atoms with Gasteiger partial charge in [0.1, 0.15) is 6.10 Å². The Kier molecular flexibility index (Phi) is 2.05. The lowest BCUT2D eigenvalue weighted by Gasteiger charge is -1.97. The molecule has 1 rings (SSSR count). The van der Waals surface area contributed by atoms with E-state index in [4.69, 9.17) is 4.74 Å². The van der Waals surface area contributed by atoms with E-state index in [1.165, 1.54) is 0 Å². The summed E-state index contributed by atoms with van der Waals surface area (Å²) in [5.74, 6) is -0.340. The van der Waals surface area contributed by atoms with Crippen LogP contribution >= 0.6 is 0 Å². The van der Waals surface area contributed by atoms with Crippen molar-refractivity contribution in [2.45, 2.75) is 25.4 Å². The Hall–Kier alpha value is -0.570. The van der Waals surface area contributed by atoms with Crippen molar-refractivity contribution in [1.82, 2.24) is 0 Å². The molecule has 0 bridgehead atoms. The van der Waals surface area contributed by atoms with E-state index in [1.54, 1.807) is 0 Å². The lowest BCUT2D eigenvalue weighted by Crippen LogP contribution is -2.06. The van der Waals surface area contributed by atoms with Gasteiger partial charge in [-0.1, -0.05) is 0 Å². The van der Waals surface area contributed by atoms with Crippen molar-refractivity contribution in [3.8, 4) is 0 Å². The molecular weight excluding hydrogens is 120 g/mol. The van der Waals surface area contributed by atoms with Gasteiger partial charge in [-0.2, -0.15) is 0 Å². The van der Waals surface area contributed by atoms with Crippen molar-refractivity contribution in [2.24, 2.45) is 0 Å². The Morgan fingerprint density at radius 1 is 1.56 bits per heavy atom. The Balaban J connectivity index is 2.02. The first kappa shape index (κ1) is 6.55. The maximum absolute atomic E-state index is 10.5. The van der Waals surface area contributed by atoms with Crippen LogP contribution in [0.4, 0.5) is 0 Å². The highest BCUT2D eigenvalue weighted by atomic mass is 16.5. The summed E-state index contributed by atoms with van der Waals surface area (Å²) >= 11 is 0. The van der Waals surface area contributed by atoms with Crippen LogP contribution in [0.3, 0.4) is 0 Å². The standard InChI is InChI=1S/C6H9O3/c7-4-3-6(8)9-5-1-2-5/h5H,1-4H2. The Morgan fingerprint density at radius 3 is 2.67 bits per heavy atom. The molecule has 0 heterocycles. The molecular formula is C6H9O3. The molecule has 1 aliphatic carbocycles. The minimum Gasteiger partial charge on any atom is -0.462 e. The summed E-state index contributed by atoms with van der Waals surface area (Å²) < 4.78 is 4.76. The average molecular weight is 129 g/mol. The minimum atomic E-state index is -0.356. The summed E-state index contributed by atoms with van der Waals surface area (Å²) in [5.41, 5.74) is 0. The highest BCUT2D eigenvalue weighted by Crippen LogP contribution is 2.23. The maximum Gasteiger partial charge on any atom is 0.308 e. The molecule has 0 atom stereocenters. The van der Waals surface area contributed by atoms with Crippen molar-refractivity contribution in [2.75, 3.05) is 6.61 Å². The van der Waals surface area contributed by atoms with Gasteiger partial charge in [0.2, 0.25) is 0 Å². The van der Waals surface area contributed by atoms with E-state index in [0.29, 0.717) is 0 Å². The molecule has 0 amide bonds. The summed E-state index contributed by atoms with van der Waals surface area (Å²) in [7, 11) is 0. The summed E-state index contributed by atoms with van der Waals surface area (Å²) in [6, 6.07) is 0. The zero-order valence-corrected chi connectivity index (χ0v) is 5.13. The first-order chi connectivity index (χ1) is 4.33. The molecule has 3 heteroatoms. The van der Waals surface area contributed by atoms with Gasteiger partial charge in [-0.25, -0.2) is 5.11 Å². The normalized spacial score (nSPS) is 17.4. The first-order valence-electron chi connectivity index (χ1n) is 3.10. The number of carbonyl (C=O) groups excluding carboxylic acids is 1. The van der Waals surface area contributed by atoms with Gasteiger partial charge >= 0.3 is 5.97 Å². The van der Waals surface area contributed by atoms with Gasteiger partial charge in [0.25, 0.3) is 0 Å². The molecule has 1 saturated carbocycles. The molecule has 0 saturated heterocycles. The van der Waals surface area contributed by atoms with Gasteiger partial charge < -0.3 is 4.74 Å². The molecule has 0 unspecified atom stereocenters. The maximum atomic E-state index is 10.5. The molecule has 0 aromatic carbocycles. The zero-order chi connectivity index (χ0) is 6.69. The van der Waals surface area contributed by atoms with Gasteiger partial charge in [-0.3, -0.25) is 4.79 Å². The van der Waals surface area contributed by atoms with E-state index in [2.05, 4.69) is 0 Å². The van der Waals surface area contributed by atoms with Crippen LogP contribution in [0.2, 0.25) is 0 Å². The van der Waals surface area contributed by atoms with Gasteiger partial charge in [0.05, 0.1) is 13.0 Å². The second-order valence-electron chi connectivity index (χ2n) is 2.14. The number of esters is 1. The van der Waals surface area contributed by atoms with Crippen molar-refractivity contribution in [3.05, 3.63) is 0 Å². The van der Waals surface area contributed by atoms with Crippen LogP contribution in [-0.2, 0) is 14.6 Å². The molecule has 9 heavy (non-hydrogen) atoms. The molecule has 51 valence electrons. The quantitative estimate of drug-likeness (QED) is 0.521. The average Bonchev–Trinajstić information content (AvgIpc) is 2.50. The second kappa shape index (κ2) is 2.82. The van der Waals surface area contributed by atoms with E-state index in [9.17, 15) is 9.90 Å². The van der Waals surface area contributed by atoms with E-state index in [0.717, 1.165) is 12.8 Å². The van der Waals surface area contributed by atoms with Crippen molar-refractivity contribution in [3.63, 3.8) is 0 Å². The third-order valence-corrected chi connectivity index (χ3v) is 1.13. The van der Waals surface area contributed by atoms with Crippen LogP contribution in [0.25, 0.3) is 0 Å². The molecule has 1 fully saturated rings. The highest BCUT2D eigenvalue weighted by molar-refractivity contribution is 5.69. The molecule has 0 aliphatic heterocycles. The Morgan fingerprint density at radius 2 is 2.22 bits per heavy atom. The summed E-state index contributed by atoms with van der Waals surface area (Å²) in [4.78, 5) is 10.5. The zero-order valence-electron chi connectivity index (χ0n) is 5.13. The summed E-state index contributed by atoms with van der Waals surface area (Å²) in [5, 5.41) is 9.84. The predicted molar refractivity (Wildman–Crippen MR) is 29.3 cm³/mol. The lowest BCUT2D eigenvalue weighted by atomic mass is 10.5. The van der Waals surface area contributed by atoms with Gasteiger partial charge in [0, 0.05) is 0 Å². The molecule has 0 aromatic rings. The molecule has 3 nitrogen and oxygen atoms in total. The van der Waals surface area contributed by atoms with Crippen LogP contribution in [0.5, 0.6) is 0 Å². The summed E-state index contributed by atoms with van der Waals surface area (Å²) in [6.07, 6.45) is 2.12. The molecule has 1 aliphatic rings. The highest BCUT2D eigenvalue weighted by Gasteiger charge is 2.25. The van der Waals surface area contributed by atoms with Gasteiger partial charge in [0.15, 0.2) is 0 Å². The number of hydrogen-bond donors (Lipinski definition) is 0. The van der Waals surface area contributed by atoms with E-state index in [1.807, 2.05) is 0 Å². The largest absolute Gasteiger partial charge is 0.462 e. The van der Waals surface area contributed by atoms with Crippen LogP contribution in [-0.4, -0.2) is 18.7 Å². The van der Waals surface area contributed by atoms with Crippen LogP contribution in [0.15, 0.2) is 0 Å². The fraction of sp³-hybridized carbons (Fsp3) is 0.833. The number of rotatable bonds is 3. The topological polar surface area (TPSA) is 46.2 Å². The summed E-state index contributed by atoms with van der Waals surface area (Å²) in [6.45, 7) is -0.356. The van der Waals surface area contributed by atoms with Crippen molar-refractivity contribution in [1.29, 1.82) is 0 Å². The van der Waals surface area contributed by atoms with E-state index >= 15 is 0 Å². The SMILES string of the molecule is [O]CCC(=O)OC1CC1. The van der Waals surface area contributed by atoms with Crippen LogP contribution < -0.4 is 0 Å². The third kappa shape index (κ3) is 2.46. The second-order valence-corrected chi connectivity index (χ2v) is 2.14. The van der Waals surface area contributed by atoms with E-state index < -0.39 is 0 Å². The molecule has 0 aromatic heterocycles. The van der Waals surface area contributed by atoms with E-state index in [-0.39, 0.29) is 25.1 Å². The van der Waals surface area contributed by atoms with Crippen LogP contribution in [0, 0.1) is 0 Å². The lowest BCUT2D eigenvalue weighted by molar-refractivity contribution is -0.146. The monoisotopic (exact) mass is 129 g/mol. The predicted octanol–water partition coefficient (Wildman–Crippen LogP) is 0.513. The fourth-order valence-corrected chi connectivity index (χ4v) is 0.514. The Bertz CT molecular complexity index is 107. The van der Waals surface area contributed by atoms with Crippen LogP contribution in [0.1, 0.15) is 19.3 Å². The smallest absolute Gasteiger partial charge is 0.308 e. The van der Waals surface area contributed by atoms with Crippen molar-refractivity contribution < 1.29 is 14.6 Å². The molecule has 0 spiro atoms. The van der Waals surface area contributed by atoms with Gasteiger partial charge in [-0.15, -0.1) is 0 Å². The Labute approximate surface area is 53.6 Å². The van der Waals surface area contributed by atoms with Gasteiger partial charge in [-0.05, 0) is 12.8 Å². The minimum absolute atomic E-state index is 0.0243. The first-order valence-corrected chi connectivity index (χ1v) is 3.10. The number of ether oxygens (including phenoxy) is 1.